The van der Waals surface area contributed by atoms with Gasteiger partial charge in [0.1, 0.15) is 12.6 Å². The predicted molar refractivity (Wildman–Crippen MR) is 60.3 cm³/mol. The molecule has 1 amide bonds. The highest BCUT2D eigenvalue weighted by molar-refractivity contribution is 5.84. The normalized spacial score (nSPS) is 12.0. The van der Waals surface area contributed by atoms with Crippen LogP contribution in [0.2, 0.25) is 0 Å². The van der Waals surface area contributed by atoms with E-state index in [1.54, 1.807) is 0 Å². The molecule has 12 heteroatoms. The molecule has 5 N–H and O–H groups in total. The Morgan fingerprint density at radius 3 is 2.19 bits per heavy atom. The number of carboxylic acid groups (broad SMARTS) is 2. The van der Waals surface area contributed by atoms with Gasteiger partial charge in [-0.1, -0.05) is 0 Å². The van der Waals surface area contributed by atoms with Crippen LogP contribution in [-0.4, -0.2) is 76.5 Å². The van der Waals surface area contributed by atoms with E-state index in [2.05, 4.69) is 9.57 Å². The summed E-state index contributed by atoms with van der Waals surface area (Å²) < 4.78 is 9.41. The third-order valence-corrected chi connectivity index (χ3v) is 1.86. The number of carbonyl (C=O) groups excluding carboxylic acids is 1. The second kappa shape index (κ2) is 10.8. The van der Waals surface area contributed by atoms with Crippen molar-refractivity contribution in [1.29, 1.82) is 0 Å². The lowest BCUT2D eigenvalue weighted by Gasteiger charge is -2.12. The molecule has 122 valence electrons. The molecule has 0 aromatic rings. The van der Waals surface area contributed by atoms with Crippen molar-refractivity contribution >= 4 is 18.0 Å². The molecule has 12 nitrogen and oxygen atoms in total. The van der Waals surface area contributed by atoms with Crippen LogP contribution in [0.1, 0.15) is 6.42 Å². The molecule has 0 aliphatic heterocycles. The van der Waals surface area contributed by atoms with E-state index >= 15 is 0 Å². The largest absolute Gasteiger partial charge is 0.481 e. The average molecular weight is 312 g/mol. The van der Waals surface area contributed by atoms with E-state index < -0.39 is 35.9 Å². The van der Waals surface area contributed by atoms with Gasteiger partial charge in [0.15, 0.2) is 0 Å². The number of nitrogens with one attached hydrogen (secondary N) is 1. The van der Waals surface area contributed by atoms with E-state index in [1.165, 1.54) is 0 Å². The molecule has 0 aliphatic carbocycles. The summed E-state index contributed by atoms with van der Waals surface area (Å²) in [4.78, 5) is 36.4. The summed E-state index contributed by atoms with van der Waals surface area (Å²) in [6, 6.07) is -1.59. The summed E-state index contributed by atoms with van der Waals surface area (Å²) in [5, 5.41) is 34.8. The fourth-order valence-corrected chi connectivity index (χ4v) is 1.03. The first-order valence-electron chi connectivity index (χ1n) is 5.59. The van der Waals surface area contributed by atoms with Crippen LogP contribution in [0, 0.1) is 0 Å². The van der Waals surface area contributed by atoms with Crippen molar-refractivity contribution in [3.05, 3.63) is 0 Å². The summed E-state index contributed by atoms with van der Waals surface area (Å²) in [5.74, 6) is -2.88. The lowest BCUT2D eigenvalue weighted by atomic mass is 10.2. The van der Waals surface area contributed by atoms with Gasteiger partial charge in [0.05, 0.1) is 31.6 Å². The maximum atomic E-state index is 11.2. The first-order valence-corrected chi connectivity index (χ1v) is 5.59. The van der Waals surface area contributed by atoms with Crippen molar-refractivity contribution in [3.63, 3.8) is 0 Å². The second-order valence-corrected chi connectivity index (χ2v) is 3.47. The van der Waals surface area contributed by atoms with Crippen molar-refractivity contribution in [2.24, 2.45) is 0 Å². The minimum Gasteiger partial charge on any atom is -0.481 e. The molecule has 0 saturated heterocycles. The van der Waals surface area contributed by atoms with Crippen molar-refractivity contribution < 1.29 is 49.3 Å². The first-order chi connectivity index (χ1) is 9.82. The van der Waals surface area contributed by atoms with Crippen LogP contribution in [0.4, 0.5) is 4.79 Å². The van der Waals surface area contributed by atoms with Crippen LogP contribution in [0.3, 0.4) is 0 Å². The molecule has 0 heterocycles. The summed E-state index contributed by atoms with van der Waals surface area (Å²) in [6.45, 7) is -0.435. The number of ether oxygens (including phenoxy) is 2. The highest BCUT2D eigenvalue weighted by Crippen LogP contribution is 1.94. The fraction of sp³-hybridized carbons (Fsp3) is 0.667. The van der Waals surface area contributed by atoms with Gasteiger partial charge >= 0.3 is 18.0 Å². The molecule has 0 aromatic carbocycles. The van der Waals surface area contributed by atoms with Gasteiger partial charge in [-0.3, -0.25) is 15.2 Å². The van der Waals surface area contributed by atoms with Crippen LogP contribution >= 0.6 is 0 Å². The molecule has 0 rings (SSSR count). The Labute approximate surface area is 118 Å². The molecule has 0 radical (unpaired) electrons. The van der Waals surface area contributed by atoms with Crippen LogP contribution in [0.5, 0.6) is 0 Å². The highest BCUT2D eigenvalue weighted by atomic mass is 17.1. The molecule has 1 atom stereocenters. The standard InChI is InChI=1S/C9H16N2O10/c12-7(13)5-6(8(14)15)10-9(16)20-3-1-19-2-4-21-11(17)18/h6,17-18H,1-5H2,(H,10,16)(H,12,13)(H,14,15). The van der Waals surface area contributed by atoms with Gasteiger partial charge in [-0.2, -0.15) is 0 Å². The number of aliphatic carboxylic acids is 2. The third kappa shape index (κ3) is 11.5. The van der Waals surface area contributed by atoms with E-state index in [0.29, 0.717) is 0 Å². The molecule has 1 unspecified atom stereocenters. The number of hydrogen-bond acceptors (Lipinski definition) is 9. The van der Waals surface area contributed by atoms with Gasteiger partial charge in [0.2, 0.25) is 0 Å². The summed E-state index contributed by atoms with van der Waals surface area (Å²) in [7, 11) is 0. The van der Waals surface area contributed by atoms with Crippen molar-refractivity contribution in [2.45, 2.75) is 12.5 Å². The van der Waals surface area contributed by atoms with Crippen molar-refractivity contribution in [3.8, 4) is 0 Å². The van der Waals surface area contributed by atoms with Gasteiger partial charge in [0.25, 0.3) is 0 Å². The van der Waals surface area contributed by atoms with Crippen molar-refractivity contribution in [2.75, 3.05) is 26.4 Å². The predicted octanol–water partition coefficient (Wildman–Crippen LogP) is -1.33. The Morgan fingerprint density at radius 1 is 1.05 bits per heavy atom. The Kier molecular flexibility index (Phi) is 9.74. The SMILES string of the molecule is O=C(O)CC(NC(=O)OCCOCCON(O)O)C(=O)O. The van der Waals surface area contributed by atoms with Gasteiger partial charge in [0, 0.05) is 0 Å². The number of rotatable bonds is 11. The molecule has 0 bridgehead atoms. The van der Waals surface area contributed by atoms with E-state index in [9.17, 15) is 14.4 Å². The van der Waals surface area contributed by atoms with Gasteiger partial charge < -0.3 is 25.0 Å². The third-order valence-electron chi connectivity index (χ3n) is 1.86. The zero-order valence-corrected chi connectivity index (χ0v) is 10.8. The molecule has 0 saturated carbocycles. The fourth-order valence-electron chi connectivity index (χ4n) is 1.03. The Morgan fingerprint density at radius 2 is 1.67 bits per heavy atom. The smallest absolute Gasteiger partial charge is 0.407 e. The minimum atomic E-state index is -1.59. The van der Waals surface area contributed by atoms with E-state index in [4.69, 9.17) is 25.4 Å². The minimum absolute atomic E-state index is 0.0145. The van der Waals surface area contributed by atoms with E-state index in [0.717, 1.165) is 0 Å². The number of nitrogens with zero attached hydrogens (tertiary/aromatic N) is 1. The molecule has 0 aliphatic rings. The lowest BCUT2D eigenvalue weighted by Crippen LogP contribution is -2.42. The molecule has 21 heavy (non-hydrogen) atoms. The van der Waals surface area contributed by atoms with Crippen LogP contribution in [0.25, 0.3) is 0 Å². The molecule has 0 fully saturated rings. The molecular weight excluding hydrogens is 296 g/mol. The monoisotopic (exact) mass is 312 g/mol. The van der Waals surface area contributed by atoms with E-state index in [-0.39, 0.29) is 26.4 Å². The Bertz CT molecular complexity index is 347. The molecule has 0 aromatic heterocycles. The summed E-state index contributed by atoms with van der Waals surface area (Å²) >= 11 is 0. The lowest BCUT2D eigenvalue weighted by molar-refractivity contribution is -0.493. The molecule has 0 spiro atoms. The quantitative estimate of drug-likeness (QED) is 0.225. The highest BCUT2D eigenvalue weighted by Gasteiger charge is 2.23. The Balaban J connectivity index is 3.73. The number of carbonyl (C=O) groups is 3. The Hall–Kier alpha value is -1.99. The van der Waals surface area contributed by atoms with Crippen LogP contribution < -0.4 is 5.32 Å². The molecular formula is C9H16N2O10. The van der Waals surface area contributed by atoms with Crippen LogP contribution in [0.15, 0.2) is 0 Å². The first kappa shape index (κ1) is 19.0. The summed E-state index contributed by atoms with van der Waals surface area (Å²) in [6.07, 6.45) is -1.88. The maximum Gasteiger partial charge on any atom is 0.407 e. The second-order valence-electron chi connectivity index (χ2n) is 3.47. The maximum absolute atomic E-state index is 11.2. The number of hydrogen-bond donors (Lipinski definition) is 5. The van der Waals surface area contributed by atoms with Gasteiger partial charge in [-0.15, -0.1) is 0 Å². The van der Waals surface area contributed by atoms with Crippen molar-refractivity contribution in [1.82, 2.24) is 10.7 Å². The van der Waals surface area contributed by atoms with Gasteiger partial charge in [-0.25, -0.2) is 14.4 Å². The van der Waals surface area contributed by atoms with E-state index in [1.807, 2.05) is 5.32 Å². The topological polar surface area (TPSA) is 175 Å². The summed E-state index contributed by atoms with van der Waals surface area (Å²) in [5.41, 5.74) is 0. The number of alkyl carbamates (subject to hydrolysis) is 1. The zero-order chi connectivity index (χ0) is 16.3. The zero-order valence-electron chi connectivity index (χ0n) is 10.8. The average Bonchev–Trinajstić information content (AvgIpc) is 2.35. The van der Waals surface area contributed by atoms with Crippen LogP contribution in [-0.2, 0) is 23.9 Å². The number of carboxylic acids is 2. The van der Waals surface area contributed by atoms with Gasteiger partial charge in [-0.05, 0) is 0 Å². The number of amides is 1.